The molecule has 17 heavy (non-hydrogen) atoms. The SMILES string of the molecule is NC(=O)CCN1C(=O)C(=O)c2cc(F)ccc21. The van der Waals surface area contributed by atoms with E-state index in [1.54, 1.807) is 0 Å². The van der Waals surface area contributed by atoms with Crippen LogP contribution in [0, 0.1) is 5.82 Å². The lowest BCUT2D eigenvalue weighted by Crippen LogP contribution is -2.32. The summed E-state index contributed by atoms with van der Waals surface area (Å²) in [5.41, 5.74) is 5.32. The van der Waals surface area contributed by atoms with Gasteiger partial charge in [-0.1, -0.05) is 0 Å². The molecule has 88 valence electrons. The van der Waals surface area contributed by atoms with Gasteiger partial charge >= 0.3 is 0 Å². The van der Waals surface area contributed by atoms with Crippen molar-refractivity contribution in [2.75, 3.05) is 11.4 Å². The van der Waals surface area contributed by atoms with Crippen LogP contribution in [0.25, 0.3) is 0 Å². The zero-order valence-electron chi connectivity index (χ0n) is 8.77. The number of nitrogens with zero attached hydrogens (tertiary/aromatic N) is 1. The molecular formula is C11H9FN2O3. The maximum atomic E-state index is 12.9. The fourth-order valence-corrected chi connectivity index (χ4v) is 1.72. The smallest absolute Gasteiger partial charge is 0.299 e. The number of halogens is 1. The zero-order chi connectivity index (χ0) is 12.6. The van der Waals surface area contributed by atoms with Gasteiger partial charge in [-0.3, -0.25) is 14.4 Å². The Morgan fingerprint density at radius 3 is 2.71 bits per heavy atom. The predicted octanol–water partition coefficient (Wildman–Crippen LogP) is 0.230. The maximum Gasteiger partial charge on any atom is 0.299 e. The number of benzene rings is 1. The van der Waals surface area contributed by atoms with Crippen molar-refractivity contribution in [3.63, 3.8) is 0 Å². The van der Waals surface area contributed by atoms with Gasteiger partial charge in [0.2, 0.25) is 5.91 Å². The van der Waals surface area contributed by atoms with Crippen LogP contribution in [0.3, 0.4) is 0 Å². The predicted molar refractivity (Wildman–Crippen MR) is 56.9 cm³/mol. The van der Waals surface area contributed by atoms with Gasteiger partial charge in [0.25, 0.3) is 11.7 Å². The number of hydrogen-bond donors (Lipinski definition) is 1. The topological polar surface area (TPSA) is 80.5 Å². The van der Waals surface area contributed by atoms with E-state index in [2.05, 4.69) is 0 Å². The van der Waals surface area contributed by atoms with Crippen molar-refractivity contribution in [2.24, 2.45) is 5.73 Å². The Kier molecular flexibility index (Phi) is 2.63. The van der Waals surface area contributed by atoms with Gasteiger partial charge in [-0.15, -0.1) is 0 Å². The molecular weight excluding hydrogens is 227 g/mol. The third-order valence-corrected chi connectivity index (χ3v) is 2.52. The molecule has 0 aromatic heterocycles. The molecule has 0 saturated carbocycles. The van der Waals surface area contributed by atoms with Crippen LogP contribution in [0.1, 0.15) is 16.8 Å². The molecule has 2 N–H and O–H groups in total. The van der Waals surface area contributed by atoms with Crippen LogP contribution < -0.4 is 10.6 Å². The van der Waals surface area contributed by atoms with E-state index in [1.165, 1.54) is 6.07 Å². The van der Waals surface area contributed by atoms with E-state index in [-0.39, 0.29) is 18.5 Å². The molecule has 1 aromatic carbocycles. The second-order valence-corrected chi connectivity index (χ2v) is 3.66. The van der Waals surface area contributed by atoms with Crippen molar-refractivity contribution in [1.29, 1.82) is 0 Å². The number of amides is 2. The largest absolute Gasteiger partial charge is 0.370 e. The van der Waals surface area contributed by atoms with Gasteiger partial charge in [0, 0.05) is 13.0 Å². The van der Waals surface area contributed by atoms with E-state index in [4.69, 9.17) is 5.73 Å². The van der Waals surface area contributed by atoms with Crippen LogP contribution in [0.5, 0.6) is 0 Å². The molecule has 5 nitrogen and oxygen atoms in total. The van der Waals surface area contributed by atoms with Gasteiger partial charge < -0.3 is 10.6 Å². The standard InChI is InChI=1S/C11H9FN2O3/c12-6-1-2-8-7(5-6)10(16)11(17)14(8)4-3-9(13)15/h1-2,5H,3-4H2,(H2,13,15). The average molecular weight is 236 g/mol. The van der Waals surface area contributed by atoms with E-state index >= 15 is 0 Å². The fraction of sp³-hybridized carbons (Fsp3) is 0.182. The van der Waals surface area contributed by atoms with Crippen LogP contribution in [0.2, 0.25) is 0 Å². The number of rotatable bonds is 3. The lowest BCUT2D eigenvalue weighted by atomic mass is 10.1. The van der Waals surface area contributed by atoms with E-state index < -0.39 is 23.4 Å². The molecule has 1 aliphatic heterocycles. The summed E-state index contributed by atoms with van der Waals surface area (Å²) in [6, 6.07) is 3.51. The summed E-state index contributed by atoms with van der Waals surface area (Å²) in [6.45, 7) is 0.0263. The molecule has 1 aromatic rings. The Bertz CT molecular complexity index is 527. The molecule has 0 saturated heterocycles. The minimum absolute atomic E-state index is 0.0263. The van der Waals surface area contributed by atoms with Gasteiger partial charge in [0.05, 0.1) is 11.3 Å². The Hall–Kier alpha value is -2.24. The molecule has 0 aliphatic carbocycles. The molecule has 0 unspecified atom stereocenters. The van der Waals surface area contributed by atoms with Crippen LogP contribution >= 0.6 is 0 Å². The van der Waals surface area contributed by atoms with Crippen LogP contribution in [-0.2, 0) is 9.59 Å². The normalized spacial score (nSPS) is 14.1. The summed E-state index contributed by atoms with van der Waals surface area (Å²) in [5, 5.41) is 0. The van der Waals surface area contributed by atoms with E-state index in [0.29, 0.717) is 5.69 Å². The van der Waals surface area contributed by atoms with Crippen molar-refractivity contribution in [3.05, 3.63) is 29.6 Å². The number of carbonyl (C=O) groups is 3. The molecule has 2 rings (SSSR count). The Labute approximate surface area is 96.0 Å². The number of fused-ring (bicyclic) bond motifs is 1. The average Bonchev–Trinajstić information content (AvgIpc) is 2.50. The minimum atomic E-state index is -0.760. The highest BCUT2D eigenvalue weighted by Crippen LogP contribution is 2.29. The first-order valence-electron chi connectivity index (χ1n) is 4.95. The lowest BCUT2D eigenvalue weighted by molar-refractivity contribution is -0.118. The van der Waals surface area contributed by atoms with Crippen molar-refractivity contribution in [3.8, 4) is 0 Å². The highest BCUT2D eigenvalue weighted by Gasteiger charge is 2.35. The maximum absolute atomic E-state index is 12.9. The summed E-state index contributed by atoms with van der Waals surface area (Å²) in [6.07, 6.45) is -0.0458. The summed E-state index contributed by atoms with van der Waals surface area (Å²) >= 11 is 0. The molecule has 1 aliphatic rings. The highest BCUT2D eigenvalue weighted by atomic mass is 19.1. The van der Waals surface area contributed by atoms with Crippen LogP contribution in [-0.4, -0.2) is 24.1 Å². The minimum Gasteiger partial charge on any atom is -0.370 e. The van der Waals surface area contributed by atoms with Gasteiger partial charge in [0.15, 0.2) is 0 Å². The van der Waals surface area contributed by atoms with E-state index in [9.17, 15) is 18.8 Å². The highest BCUT2D eigenvalue weighted by molar-refractivity contribution is 6.52. The van der Waals surface area contributed by atoms with Crippen molar-refractivity contribution in [2.45, 2.75) is 6.42 Å². The van der Waals surface area contributed by atoms with E-state index in [1.807, 2.05) is 0 Å². The monoisotopic (exact) mass is 236 g/mol. The lowest BCUT2D eigenvalue weighted by Gasteiger charge is -2.14. The Morgan fingerprint density at radius 1 is 1.35 bits per heavy atom. The van der Waals surface area contributed by atoms with E-state index in [0.717, 1.165) is 17.0 Å². The molecule has 1 heterocycles. The van der Waals surface area contributed by atoms with Crippen molar-refractivity contribution in [1.82, 2.24) is 0 Å². The summed E-state index contributed by atoms with van der Waals surface area (Å²) in [5.74, 6) is -2.67. The first-order chi connectivity index (χ1) is 8.00. The molecule has 2 amide bonds. The fourth-order valence-electron chi connectivity index (χ4n) is 1.72. The first kappa shape index (κ1) is 11.3. The van der Waals surface area contributed by atoms with Crippen LogP contribution in [0.4, 0.5) is 10.1 Å². The van der Waals surface area contributed by atoms with Crippen molar-refractivity contribution < 1.29 is 18.8 Å². The number of anilines is 1. The second-order valence-electron chi connectivity index (χ2n) is 3.66. The molecule has 0 radical (unpaired) electrons. The number of Topliss-reactive ketones (excluding diaryl/α,β-unsaturated/α-hetero) is 1. The third kappa shape index (κ3) is 1.89. The Balaban J connectivity index is 2.34. The molecule has 0 fully saturated rings. The summed E-state index contributed by atoms with van der Waals surface area (Å²) < 4.78 is 12.9. The van der Waals surface area contributed by atoms with Gasteiger partial charge in [-0.2, -0.15) is 0 Å². The number of primary amides is 1. The zero-order valence-corrected chi connectivity index (χ0v) is 8.77. The van der Waals surface area contributed by atoms with Gasteiger partial charge in [-0.05, 0) is 18.2 Å². The quantitative estimate of drug-likeness (QED) is 0.763. The number of hydrogen-bond acceptors (Lipinski definition) is 3. The summed E-state index contributed by atoms with van der Waals surface area (Å²) in [7, 11) is 0. The summed E-state index contributed by atoms with van der Waals surface area (Å²) in [4.78, 5) is 34.9. The third-order valence-electron chi connectivity index (χ3n) is 2.52. The molecule has 0 bridgehead atoms. The molecule has 0 spiro atoms. The Morgan fingerprint density at radius 2 is 2.06 bits per heavy atom. The number of ketones is 1. The number of carbonyl (C=O) groups excluding carboxylic acids is 3. The first-order valence-corrected chi connectivity index (χ1v) is 4.95. The molecule has 6 heteroatoms. The van der Waals surface area contributed by atoms with Crippen molar-refractivity contribution >= 4 is 23.3 Å². The second kappa shape index (κ2) is 3.97. The van der Waals surface area contributed by atoms with Crippen LogP contribution in [0.15, 0.2) is 18.2 Å². The molecule has 0 atom stereocenters. The van der Waals surface area contributed by atoms with Gasteiger partial charge in [0.1, 0.15) is 5.82 Å². The van der Waals surface area contributed by atoms with Gasteiger partial charge in [-0.25, -0.2) is 4.39 Å². The number of nitrogens with two attached hydrogens (primary N) is 1.